The average Bonchev–Trinajstić information content (AvgIpc) is 2.76. The van der Waals surface area contributed by atoms with Crippen molar-refractivity contribution >= 4 is 61.0 Å². The zero-order chi connectivity index (χ0) is 25.8. The molecule has 0 aromatic heterocycles. The van der Waals surface area contributed by atoms with Crippen molar-refractivity contribution in [3.63, 3.8) is 0 Å². The summed E-state index contributed by atoms with van der Waals surface area (Å²) in [7, 11) is -5.26. The van der Waals surface area contributed by atoms with Crippen molar-refractivity contribution in [2.45, 2.75) is 22.8 Å². The third-order valence-electron chi connectivity index (χ3n) is 4.19. The SMILES string of the molecule is C=NC(Cl)=N/C(=C\C)C(Br)C(=O)c1cccc(NS(=O)(=O)c2c(F)cccc2C(F)(F)F)c1F. The minimum Gasteiger partial charge on any atom is -0.292 e. The van der Waals surface area contributed by atoms with Crippen molar-refractivity contribution in [2.75, 3.05) is 4.72 Å². The van der Waals surface area contributed by atoms with Crippen LogP contribution in [0, 0.1) is 11.6 Å². The molecule has 2 aromatic carbocycles. The van der Waals surface area contributed by atoms with Crippen molar-refractivity contribution < 1.29 is 35.2 Å². The third-order valence-corrected chi connectivity index (χ3v) is 6.72. The lowest BCUT2D eigenvalue weighted by molar-refractivity contribution is -0.140. The van der Waals surface area contributed by atoms with Gasteiger partial charge in [-0.15, -0.1) is 0 Å². The minimum atomic E-state index is -5.26. The molecule has 0 aliphatic rings. The van der Waals surface area contributed by atoms with Gasteiger partial charge in [-0.2, -0.15) is 13.2 Å². The first kappa shape index (κ1) is 27.6. The number of aliphatic imine (C=N–C) groups is 2. The van der Waals surface area contributed by atoms with Crippen molar-refractivity contribution in [1.82, 2.24) is 0 Å². The van der Waals surface area contributed by atoms with E-state index < -0.39 is 60.2 Å². The first-order valence-corrected chi connectivity index (χ1v) is 11.7. The van der Waals surface area contributed by atoms with E-state index in [4.69, 9.17) is 11.6 Å². The van der Waals surface area contributed by atoms with Crippen LogP contribution in [0.5, 0.6) is 0 Å². The summed E-state index contributed by atoms with van der Waals surface area (Å²) in [5.74, 6) is -4.03. The highest BCUT2D eigenvalue weighted by molar-refractivity contribution is 9.10. The Bertz CT molecular complexity index is 1300. The largest absolute Gasteiger partial charge is 0.417 e. The average molecular weight is 587 g/mol. The molecule has 0 saturated heterocycles. The molecule has 1 unspecified atom stereocenters. The van der Waals surface area contributed by atoms with E-state index in [0.717, 1.165) is 18.2 Å². The molecule has 2 aromatic rings. The maximum absolute atomic E-state index is 15.1. The summed E-state index contributed by atoms with van der Waals surface area (Å²) in [6.45, 7) is 4.66. The van der Waals surface area contributed by atoms with E-state index in [9.17, 15) is 30.8 Å². The van der Waals surface area contributed by atoms with E-state index in [1.54, 1.807) is 4.72 Å². The van der Waals surface area contributed by atoms with E-state index in [2.05, 4.69) is 32.6 Å². The predicted molar refractivity (Wildman–Crippen MR) is 122 cm³/mol. The molecule has 1 atom stereocenters. The number of allylic oxidation sites excluding steroid dienone is 2. The molecular formula is C20H14BrClF5N3O3S. The van der Waals surface area contributed by atoms with Crippen LogP contribution < -0.4 is 4.72 Å². The van der Waals surface area contributed by atoms with E-state index >= 15 is 4.39 Å². The molecule has 0 radical (unpaired) electrons. The number of amidine groups is 1. The van der Waals surface area contributed by atoms with Crippen LogP contribution in [0.3, 0.4) is 0 Å². The number of Topliss-reactive ketones (excluding diaryl/α,β-unsaturated/α-hetero) is 1. The molecule has 0 saturated carbocycles. The monoisotopic (exact) mass is 585 g/mol. The van der Waals surface area contributed by atoms with Gasteiger partial charge in [-0.1, -0.05) is 34.1 Å². The number of halogens is 7. The molecule has 1 N–H and O–H groups in total. The third kappa shape index (κ3) is 6.07. The Morgan fingerprint density at radius 1 is 1.21 bits per heavy atom. The molecule has 0 bridgehead atoms. The molecular weight excluding hydrogens is 573 g/mol. The summed E-state index contributed by atoms with van der Waals surface area (Å²) < 4.78 is 95.7. The summed E-state index contributed by atoms with van der Waals surface area (Å²) in [6.07, 6.45) is -3.84. The fraction of sp³-hybridized carbons (Fsp3) is 0.150. The number of carbonyl (C=O) groups is 1. The summed E-state index contributed by atoms with van der Waals surface area (Å²) in [4.78, 5) is 17.0. The topological polar surface area (TPSA) is 88.0 Å². The molecule has 0 spiro atoms. The van der Waals surface area contributed by atoms with Crippen LogP contribution in [0.4, 0.5) is 27.6 Å². The van der Waals surface area contributed by atoms with E-state index in [-0.39, 0.29) is 11.0 Å². The van der Waals surface area contributed by atoms with Gasteiger partial charge >= 0.3 is 6.18 Å². The number of hydrogen-bond acceptors (Lipinski definition) is 4. The quantitative estimate of drug-likeness (QED) is 0.109. The number of hydrogen-bond donors (Lipinski definition) is 1. The number of sulfonamides is 1. The van der Waals surface area contributed by atoms with Crippen molar-refractivity contribution in [1.29, 1.82) is 0 Å². The zero-order valence-corrected chi connectivity index (χ0v) is 20.2. The number of anilines is 1. The maximum atomic E-state index is 15.1. The first-order chi connectivity index (χ1) is 15.7. The highest BCUT2D eigenvalue weighted by atomic mass is 79.9. The second-order valence-corrected chi connectivity index (χ2v) is 9.24. The molecule has 34 heavy (non-hydrogen) atoms. The second kappa shape index (κ2) is 10.7. The maximum Gasteiger partial charge on any atom is 0.417 e. The van der Waals surface area contributed by atoms with Crippen molar-refractivity contribution in [3.05, 3.63) is 70.9 Å². The Labute approximate surface area is 204 Å². The van der Waals surface area contributed by atoms with Gasteiger partial charge in [0.25, 0.3) is 10.0 Å². The lowest BCUT2D eigenvalue weighted by Crippen LogP contribution is -2.22. The van der Waals surface area contributed by atoms with Crippen LogP contribution in [0.1, 0.15) is 22.8 Å². The molecule has 2 rings (SSSR count). The Hall–Kier alpha value is -2.64. The van der Waals surface area contributed by atoms with Gasteiger partial charge in [0.15, 0.2) is 11.6 Å². The van der Waals surface area contributed by atoms with Gasteiger partial charge in [-0.05, 0) is 49.5 Å². The van der Waals surface area contributed by atoms with E-state index in [0.29, 0.717) is 18.2 Å². The number of nitrogens with zero attached hydrogens (tertiary/aromatic N) is 2. The van der Waals surface area contributed by atoms with Gasteiger partial charge in [-0.25, -0.2) is 27.2 Å². The molecule has 14 heteroatoms. The normalized spacial score (nSPS) is 14.0. The van der Waals surface area contributed by atoms with Gasteiger partial charge < -0.3 is 0 Å². The smallest absolute Gasteiger partial charge is 0.292 e. The Kier molecular flexibility index (Phi) is 8.72. The Morgan fingerprint density at radius 3 is 2.38 bits per heavy atom. The molecule has 0 heterocycles. The highest BCUT2D eigenvalue weighted by Gasteiger charge is 2.39. The summed E-state index contributed by atoms with van der Waals surface area (Å²) in [5, 5.41) is -0.308. The number of carbonyl (C=O) groups excluding carboxylic acids is 1. The molecule has 6 nitrogen and oxygen atoms in total. The van der Waals surface area contributed by atoms with Crippen molar-refractivity contribution in [2.24, 2.45) is 9.98 Å². The minimum absolute atomic E-state index is 0.0222. The van der Waals surface area contributed by atoms with Crippen LogP contribution in [-0.2, 0) is 16.2 Å². The number of rotatable bonds is 7. The molecule has 0 aliphatic carbocycles. The van der Waals surface area contributed by atoms with E-state index in [1.165, 1.54) is 13.0 Å². The van der Waals surface area contributed by atoms with E-state index in [1.807, 2.05) is 0 Å². The molecule has 0 aliphatic heterocycles. The fourth-order valence-electron chi connectivity index (χ4n) is 2.68. The van der Waals surface area contributed by atoms with Gasteiger partial charge in [-0.3, -0.25) is 9.52 Å². The fourth-order valence-corrected chi connectivity index (χ4v) is 4.74. The number of ketones is 1. The van der Waals surface area contributed by atoms with Crippen LogP contribution in [0.25, 0.3) is 0 Å². The molecule has 182 valence electrons. The second-order valence-electron chi connectivity index (χ2n) is 6.37. The Morgan fingerprint density at radius 2 is 1.82 bits per heavy atom. The van der Waals surface area contributed by atoms with Gasteiger partial charge in [0, 0.05) is 0 Å². The van der Waals surface area contributed by atoms with Crippen LogP contribution in [0.15, 0.2) is 63.1 Å². The zero-order valence-electron chi connectivity index (χ0n) is 17.0. The molecule has 0 amide bonds. The number of alkyl halides is 4. The lowest BCUT2D eigenvalue weighted by Gasteiger charge is -2.16. The first-order valence-electron chi connectivity index (χ1n) is 8.97. The van der Waals surface area contributed by atoms with Crippen LogP contribution >= 0.6 is 27.5 Å². The standard InChI is InChI=1S/C20H14BrClF5N3O3S/c1-3-13(29-19(22)28-2)15(21)17(31)10-6-4-9-14(16(10)24)30-34(32,33)18-11(20(25,26)27)7-5-8-12(18)23/h3-9,15,30H,2H2,1H3/b13-3-,29-19?. The van der Waals surface area contributed by atoms with Gasteiger partial charge in [0.2, 0.25) is 5.29 Å². The highest BCUT2D eigenvalue weighted by Crippen LogP contribution is 2.36. The van der Waals surface area contributed by atoms with Crippen LogP contribution in [-0.4, -0.2) is 31.0 Å². The Balaban J connectivity index is 2.51. The number of benzene rings is 2. The van der Waals surface area contributed by atoms with Gasteiger partial charge in [0.05, 0.1) is 22.5 Å². The van der Waals surface area contributed by atoms with Crippen LogP contribution in [0.2, 0.25) is 0 Å². The predicted octanol–water partition coefficient (Wildman–Crippen LogP) is 5.93. The summed E-state index contributed by atoms with van der Waals surface area (Å²) >= 11 is 8.70. The van der Waals surface area contributed by atoms with Crippen molar-refractivity contribution in [3.8, 4) is 0 Å². The molecule has 0 fully saturated rings. The number of nitrogens with one attached hydrogen (secondary N) is 1. The lowest BCUT2D eigenvalue weighted by atomic mass is 10.0. The summed E-state index contributed by atoms with van der Waals surface area (Å²) in [6, 6.07) is 4.51. The summed E-state index contributed by atoms with van der Waals surface area (Å²) in [5.41, 5.74) is -3.27. The van der Waals surface area contributed by atoms with Gasteiger partial charge in [0.1, 0.15) is 15.5 Å².